The summed E-state index contributed by atoms with van der Waals surface area (Å²) in [6, 6.07) is 6.30. The summed E-state index contributed by atoms with van der Waals surface area (Å²) in [7, 11) is 1.73. The maximum absolute atomic E-state index is 5.35. The molecule has 2 nitrogen and oxygen atoms in total. The van der Waals surface area contributed by atoms with Crippen LogP contribution < -0.4 is 10.1 Å². The molecule has 0 fully saturated rings. The fourth-order valence-electron chi connectivity index (χ4n) is 2.36. The highest BCUT2D eigenvalue weighted by Gasteiger charge is 2.19. The zero-order valence-corrected chi connectivity index (χ0v) is 9.55. The molecule has 0 bridgehead atoms. The molecule has 82 valence electrons. The van der Waals surface area contributed by atoms with Crippen LogP contribution >= 0.6 is 0 Å². The largest absolute Gasteiger partial charge is 0.495 e. The van der Waals surface area contributed by atoms with Crippen molar-refractivity contribution in [2.45, 2.75) is 26.2 Å². The average molecular weight is 205 g/mol. The summed E-state index contributed by atoms with van der Waals surface area (Å²) in [4.78, 5) is 0. The number of benzene rings is 1. The van der Waals surface area contributed by atoms with Crippen LogP contribution in [0.25, 0.3) is 0 Å². The average Bonchev–Trinajstić information content (AvgIpc) is 2.28. The summed E-state index contributed by atoms with van der Waals surface area (Å²) >= 11 is 0. The van der Waals surface area contributed by atoms with Gasteiger partial charge < -0.3 is 10.1 Å². The zero-order valence-electron chi connectivity index (χ0n) is 9.55. The summed E-state index contributed by atoms with van der Waals surface area (Å²) in [6.45, 7) is 3.34. The molecule has 2 heteroatoms. The molecule has 0 radical (unpaired) electrons. The summed E-state index contributed by atoms with van der Waals surface area (Å²) in [5.74, 6) is 1.76. The van der Waals surface area contributed by atoms with Crippen molar-refractivity contribution >= 4 is 5.69 Å². The fourth-order valence-corrected chi connectivity index (χ4v) is 2.36. The van der Waals surface area contributed by atoms with Gasteiger partial charge in [-0.15, -0.1) is 0 Å². The molecule has 0 saturated carbocycles. The standard InChI is InChI=1S/C13H19NO/c1-3-5-10-8-11-6-4-7-12(15-2)13(11)14-9-10/h4,6-7,10,14H,3,5,8-9H2,1-2H3. The van der Waals surface area contributed by atoms with Gasteiger partial charge in [-0.2, -0.15) is 0 Å². The maximum Gasteiger partial charge on any atom is 0.142 e. The van der Waals surface area contributed by atoms with Crippen molar-refractivity contribution in [2.75, 3.05) is 19.0 Å². The SMILES string of the molecule is CCCC1CNc2c(cccc2OC)C1. The second kappa shape index (κ2) is 4.56. The lowest BCUT2D eigenvalue weighted by Crippen LogP contribution is -2.23. The number of anilines is 1. The molecule has 0 aromatic heterocycles. The van der Waals surface area contributed by atoms with Crippen LogP contribution in [0.2, 0.25) is 0 Å². The van der Waals surface area contributed by atoms with E-state index in [2.05, 4.69) is 24.4 Å². The lowest BCUT2D eigenvalue weighted by molar-refractivity contribution is 0.411. The number of para-hydroxylation sites is 1. The smallest absolute Gasteiger partial charge is 0.142 e. The third-order valence-corrected chi connectivity index (χ3v) is 3.11. The summed E-state index contributed by atoms with van der Waals surface area (Å²) in [6.07, 6.45) is 3.77. The predicted molar refractivity (Wildman–Crippen MR) is 63.6 cm³/mol. The Balaban J connectivity index is 2.20. The van der Waals surface area contributed by atoms with Gasteiger partial charge in [-0.1, -0.05) is 25.5 Å². The van der Waals surface area contributed by atoms with Crippen molar-refractivity contribution < 1.29 is 4.74 Å². The molecular formula is C13H19NO. The van der Waals surface area contributed by atoms with Crippen molar-refractivity contribution in [1.29, 1.82) is 0 Å². The quantitative estimate of drug-likeness (QED) is 0.818. The Labute approximate surface area is 91.6 Å². The van der Waals surface area contributed by atoms with Crippen LogP contribution in [0, 0.1) is 5.92 Å². The Bertz CT molecular complexity index is 335. The second-order valence-corrected chi connectivity index (χ2v) is 4.23. The molecule has 0 aliphatic carbocycles. The van der Waals surface area contributed by atoms with E-state index in [0.717, 1.165) is 18.2 Å². The van der Waals surface area contributed by atoms with Crippen molar-refractivity contribution in [3.63, 3.8) is 0 Å². The molecule has 0 saturated heterocycles. The van der Waals surface area contributed by atoms with Gasteiger partial charge in [-0.25, -0.2) is 0 Å². The third kappa shape index (κ3) is 2.09. The van der Waals surface area contributed by atoms with E-state index in [0.29, 0.717) is 0 Å². The van der Waals surface area contributed by atoms with Gasteiger partial charge in [-0.05, 0) is 30.4 Å². The zero-order chi connectivity index (χ0) is 10.7. The van der Waals surface area contributed by atoms with Gasteiger partial charge in [0.25, 0.3) is 0 Å². The molecular weight excluding hydrogens is 186 g/mol. The van der Waals surface area contributed by atoms with Crippen LogP contribution in [0.4, 0.5) is 5.69 Å². The van der Waals surface area contributed by atoms with Crippen molar-refractivity contribution in [2.24, 2.45) is 5.92 Å². The molecule has 1 unspecified atom stereocenters. The van der Waals surface area contributed by atoms with Crippen molar-refractivity contribution in [3.8, 4) is 5.75 Å². The first kappa shape index (κ1) is 10.3. The van der Waals surface area contributed by atoms with E-state index in [-0.39, 0.29) is 0 Å². The lowest BCUT2D eigenvalue weighted by Gasteiger charge is -2.27. The Kier molecular flexibility index (Phi) is 3.14. The summed E-state index contributed by atoms with van der Waals surface area (Å²) < 4.78 is 5.35. The molecule has 1 aromatic rings. The van der Waals surface area contributed by atoms with Crippen LogP contribution in [0.3, 0.4) is 0 Å². The molecule has 0 spiro atoms. The van der Waals surface area contributed by atoms with Gasteiger partial charge >= 0.3 is 0 Å². The molecule has 1 atom stereocenters. The predicted octanol–water partition coefficient (Wildman–Crippen LogP) is 3.08. The van der Waals surface area contributed by atoms with Crippen LogP contribution in [-0.2, 0) is 6.42 Å². The molecule has 1 aliphatic rings. The maximum atomic E-state index is 5.35. The molecule has 1 heterocycles. The van der Waals surface area contributed by atoms with Crippen LogP contribution in [-0.4, -0.2) is 13.7 Å². The van der Waals surface area contributed by atoms with E-state index in [1.165, 1.54) is 30.5 Å². The first-order valence-electron chi connectivity index (χ1n) is 5.75. The Morgan fingerprint density at radius 3 is 3.07 bits per heavy atom. The van der Waals surface area contributed by atoms with E-state index in [9.17, 15) is 0 Å². The van der Waals surface area contributed by atoms with E-state index in [1.54, 1.807) is 7.11 Å². The first-order chi connectivity index (χ1) is 7.35. The van der Waals surface area contributed by atoms with E-state index >= 15 is 0 Å². The van der Waals surface area contributed by atoms with Crippen LogP contribution in [0.5, 0.6) is 5.75 Å². The molecule has 1 N–H and O–H groups in total. The topological polar surface area (TPSA) is 21.3 Å². The highest BCUT2D eigenvalue weighted by atomic mass is 16.5. The number of ether oxygens (including phenoxy) is 1. The van der Waals surface area contributed by atoms with E-state index in [1.807, 2.05) is 6.07 Å². The second-order valence-electron chi connectivity index (χ2n) is 4.23. The number of nitrogens with one attached hydrogen (secondary N) is 1. The minimum absolute atomic E-state index is 0.787. The van der Waals surface area contributed by atoms with Gasteiger partial charge in [0.05, 0.1) is 12.8 Å². The van der Waals surface area contributed by atoms with Gasteiger partial charge in [0.1, 0.15) is 5.75 Å². The Morgan fingerprint density at radius 1 is 1.47 bits per heavy atom. The minimum Gasteiger partial charge on any atom is -0.495 e. The number of rotatable bonds is 3. The van der Waals surface area contributed by atoms with E-state index in [4.69, 9.17) is 4.74 Å². The molecule has 1 aliphatic heterocycles. The Hall–Kier alpha value is -1.18. The molecule has 0 amide bonds. The monoisotopic (exact) mass is 205 g/mol. The minimum atomic E-state index is 0.787. The van der Waals surface area contributed by atoms with Crippen molar-refractivity contribution in [1.82, 2.24) is 0 Å². The van der Waals surface area contributed by atoms with E-state index < -0.39 is 0 Å². The first-order valence-corrected chi connectivity index (χ1v) is 5.75. The third-order valence-electron chi connectivity index (χ3n) is 3.11. The molecule has 2 rings (SSSR count). The number of fused-ring (bicyclic) bond motifs is 1. The number of hydrogen-bond acceptors (Lipinski definition) is 2. The lowest BCUT2D eigenvalue weighted by atomic mass is 9.90. The number of hydrogen-bond donors (Lipinski definition) is 1. The fraction of sp³-hybridized carbons (Fsp3) is 0.538. The number of methoxy groups -OCH3 is 1. The van der Waals surface area contributed by atoms with Crippen LogP contribution in [0.1, 0.15) is 25.3 Å². The highest BCUT2D eigenvalue weighted by Crippen LogP contribution is 2.34. The van der Waals surface area contributed by atoms with Gasteiger partial charge in [0.2, 0.25) is 0 Å². The Morgan fingerprint density at radius 2 is 2.33 bits per heavy atom. The van der Waals surface area contributed by atoms with Gasteiger partial charge in [-0.3, -0.25) is 0 Å². The summed E-state index contributed by atoms with van der Waals surface area (Å²) in [5.41, 5.74) is 2.60. The van der Waals surface area contributed by atoms with Gasteiger partial charge in [0.15, 0.2) is 0 Å². The highest BCUT2D eigenvalue weighted by molar-refractivity contribution is 5.63. The van der Waals surface area contributed by atoms with Gasteiger partial charge in [0, 0.05) is 6.54 Å². The van der Waals surface area contributed by atoms with Crippen molar-refractivity contribution in [3.05, 3.63) is 23.8 Å². The molecule has 1 aromatic carbocycles. The molecule has 15 heavy (non-hydrogen) atoms. The summed E-state index contributed by atoms with van der Waals surface area (Å²) in [5, 5.41) is 3.49. The van der Waals surface area contributed by atoms with Crippen LogP contribution in [0.15, 0.2) is 18.2 Å². The normalized spacial score (nSPS) is 19.2.